The summed E-state index contributed by atoms with van der Waals surface area (Å²) in [4.78, 5) is 0. The molecule has 2 aromatic rings. The monoisotopic (exact) mass is 294 g/mol. The first-order valence-electron chi connectivity index (χ1n) is 8.25. The molecule has 4 unspecified atom stereocenters. The van der Waals surface area contributed by atoms with Crippen LogP contribution in [0.15, 0.2) is 48.5 Å². The van der Waals surface area contributed by atoms with Gasteiger partial charge in [0, 0.05) is 11.4 Å². The molecule has 116 valence electrons. The van der Waals surface area contributed by atoms with Crippen molar-refractivity contribution in [3.63, 3.8) is 0 Å². The van der Waals surface area contributed by atoms with E-state index in [4.69, 9.17) is 11.5 Å². The van der Waals surface area contributed by atoms with Crippen LogP contribution in [0.25, 0.3) is 0 Å². The molecule has 0 saturated heterocycles. The first kappa shape index (κ1) is 15.0. The van der Waals surface area contributed by atoms with Gasteiger partial charge in [-0.15, -0.1) is 0 Å². The standard InChI is InChI=1S/C20H26N2/c1-13-11-20(16-5-9-18(22)10-6-16)14(2)12-19(13)15-3-7-17(21)8-4-15/h3-10,13-14,19-20H,11-12,21-22H2,1-2H3. The molecule has 0 spiro atoms. The normalized spacial score (nSPS) is 28.5. The summed E-state index contributed by atoms with van der Waals surface area (Å²) in [5, 5.41) is 0. The van der Waals surface area contributed by atoms with E-state index in [1.165, 1.54) is 24.0 Å². The molecule has 4 N–H and O–H groups in total. The van der Waals surface area contributed by atoms with Crippen LogP contribution in [0.3, 0.4) is 0 Å². The van der Waals surface area contributed by atoms with Crippen LogP contribution in [0, 0.1) is 11.8 Å². The minimum atomic E-state index is 0.639. The first-order valence-corrected chi connectivity index (χ1v) is 8.25. The van der Waals surface area contributed by atoms with Gasteiger partial charge in [0.05, 0.1) is 0 Å². The fourth-order valence-corrected chi connectivity index (χ4v) is 4.01. The molecule has 22 heavy (non-hydrogen) atoms. The summed E-state index contributed by atoms with van der Waals surface area (Å²) in [5.41, 5.74) is 16.2. The molecule has 0 heterocycles. The largest absolute Gasteiger partial charge is 0.399 e. The summed E-state index contributed by atoms with van der Waals surface area (Å²) < 4.78 is 0. The van der Waals surface area contributed by atoms with Crippen LogP contribution < -0.4 is 11.5 Å². The highest BCUT2D eigenvalue weighted by Gasteiger charge is 2.34. The van der Waals surface area contributed by atoms with Gasteiger partial charge in [-0.05, 0) is 71.9 Å². The zero-order valence-corrected chi connectivity index (χ0v) is 13.5. The third-order valence-electron chi connectivity index (χ3n) is 5.35. The molecule has 2 heteroatoms. The van der Waals surface area contributed by atoms with Crippen LogP contribution in [0.4, 0.5) is 11.4 Å². The first-order chi connectivity index (χ1) is 10.5. The maximum atomic E-state index is 5.82. The number of hydrogen-bond acceptors (Lipinski definition) is 2. The highest BCUT2D eigenvalue weighted by atomic mass is 14.5. The Morgan fingerprint density at radius 2 is 0.955 bits per heavy atom. The fourth-order valence-electron chi connectivity index (χ4n) is 4.01. The third-order valence-corrected chi connectivity index (χ3v) is 5.35. The van der Waals surface area contributed by atoms with Crippen LogP contribution in [0.1, 0.15) is 49.7 Å². The summed E-state index contributed by atoms with van der Waals surface area (Å²) >= 11 is 0. The Morgan fingerprint density at radius 1 is 0.636 bits per heavy atom. The quantitative estimate of drug-likeness (QED) is 0.783. The Morgan fingerprint density at radius 3 is 1.27 bits per heavy atom. The lowest BCUT2D eigenvalue weighted by Crippen LogP contribution is -2.26. The van der Waals surface area contributed by atoms with Crippen molar-refractivity contribution in [1.82, 2.24) is 0 Å². The van der Waals surface area contributed by atoms with Gasteiger partial charge in [-0.1, -0.05) is 38.1 Å². The summed E-state index contributed by atoms with van der Waals surface area (Å²) in [5.74, 6) is 2.64. The molecule has 0 bridgehead atoms. The zero-order valence-electron chi connectivity index (χ0n) is 13.5. The van der Waals surface area contributed by atoms with Crippen molar-refractivity contribution in [1.29, 1.82) is 0 Å². The van der Waals surface area contributed by atoms with Crippen molar-refractivity contribution >= 4 is 11.4 Å². The van der Waals surface area contributed by atoms with Gasteiger partial charge in [0.1, 0.15) is 0 Å². The van der Waals surface area contributed by atoms with Crippen LogP contribution in [0.5, 0.6) is 0 Å². The van der Waals surface area contributed by atoms with E-state index < -0.39 is 0 Å². The molecule has 0 amide bonds. The molecule has 2 aromatic carbocycles. The molecule has 1 aliphatic carbocycles. The molecular formula is C20H26N2. The second-order valence-electron chi connectivity index (χ2n) is 6.97. The van der Waals surface area contributed by atoms with Gasteiger partial charge < -0.3 is 11.5 Å². The average molecular weight is 294 g/mol. The lowest BCUT2D eigenvalue weighted by molar-refractivity contribution is 0.228. The zero-order chi connectivity index (χ0) is 15.7. The fraction of sp³-hybridized carbons (Fsp3) is 0.400. The SMILES string of the molecule is CC1CC(c2ccc(N)cc2)C(C)CC1c1ccc(N)cc1. The van der Waals surface area contributed by atoms with Gasteiger partial charge in [-0.25, -0.2) is 0 Å². The number of benzene rings is 2. The van der Waals surface area contributed by atoms with E-state index in [1.54, 1.807) is 0 Å². The van der Waals surface area contributed by atoms with Crippen molar-refractivity contribution < 1.29 is 0 Å². The Bertz CT molecular complexity index is 558. The van der Waals surface area contributed by atoms with Gasteiger partial charge in [0.2, 0.25) is 0 Å². The van der Waals surface area contributed by atoms with E-state index >= 15 is 0 Å². The highest BCUT2D eigenvalue weighted by Crippen LogP contribution is 2.47. The number of rotatable bonds is 2. The molecule has 0 aromatic heterocycles. The van der Waals surface area contributed by atoms with Gasteiger partial charge in [-0.2, -0.15) is 0 Å². The predicted octanol–water partition coefficient (Wildman–Crippen LogP) is 4.78. The third kappa shape index (κ3) is 2.96. The highest BCUT2D eigenvalue weighted by molar-refractivity contribution is 5.42. The Hall–Kier alpha value is -1.96. The number of anilines is 2. The average Bonchev–Trinajstić information content (AvgIpc) is 2.51. The Kier molecular flexibility index (Phi) is 4.10. The number of nitrogen functional groups attached to an aromatic ring is 2. The molecule has 3 rings (SSSR count). The molecular weight excluding hydrogens is 268 g/mol. The van der Waals surface area contributed by atoms with E-state index in [-0.39, 0.29) is 0 Å². The lowest BCUT2D eigenvalue weighted by Gasteiger charge is -2.39. The van der Waals surface area contributed by atoms with Crippen molar-refractivity contribution in [2.45, 2.75) is 38.5 Å². The van der Waals surface area contributed by atoms with Crippen molar-refractivity contribution in [3.8, 4) is 0 Å². The minimum absolute atomic E-state index is 0.639. The van der Waals surface area contributed by atoms with Gasteiger partial charge >= 0.3 is 0 Å². The van der Waals surface area contributed by atoms with Crippen LogP contribution in [-0.4, -0.2) is 0 Å². The maximum Gasteiger partial charge on any atom is 0.0314 e. The van der Waals surface area contributed by atoms with Gasteiger partial charge in [0.25, 0.3) is 0 Å². The number of hydrogen-bond donors (Lipinski definition) is 2. The van der Waals surface area contributed by atoms with Crippen molar-refractivity contribution in [2.24, 2.45) is 11.8 Å². The van der Waals surface area contributed by atoms with Crippen molar-refractivity contribution in [3.05, 3.63) is 59.7 Å². The summed E-state index contributed by atoms with van der Waals surface area (Å²) in [6.07, 6.45) is 2.47. The summed E-state index contributed by atoms with van der Waals surface area (Å²) in [6, 6.07) is 16.9. The van der Waals surface area contributed by atoms with Gasteiger partial charge in [0.15, 0.2) is 0 Å². The predicted molar refractivity (Wildman–Crippen MR) is 94.8 cm³/mol. The van der Waals surface area contributed by atoms with E-state index in [9.17, 15) is 0 Å². The topological polar surface area (TPSA) is 52.0 Å². The van der Waals surface area contributed by atoms with Gasteiger partial charge in [-0.3, -0.25) is 0 Å². The smallest absolute Gasteiger partial charge is 0.0314 e. The summed E-state index contributed by atoms with van der Waals surface area (Å²) in [7, 11) is 0. The number of nitrogens with two attached hydrogens (primary N) is 2. The van der Waals surface area contributed by atoms with E-state index in [1.807, 2.05) is 24.3 Å². The molecule has 0 aliphatic heterocycles. The van der Waals surface area contributed by atoms with E-state index in [2.05, 4.69) is 38.1 Å². The van der Waals surface area contributed by atoms with E-state index in [0.717, 1.165) is 11.4 Å². The van der Waals surface area contributed by atoms with Crippen LogP contribution >= 0.6 is 0 Å². The lowest BCUT2D eigenvalue weighted by atomic mass is 9.65. The molecule has 1 saturated carbocycles. The van der Waals surface area contributed by atoms with Crippen LogP contribution in [0.2, 0.25) is 0 Å². The van der Waals surface area contributed by atoms with Crippen molar-refractivity contribution in [2.75, 3.05) is 11.5 Å². The molecule has 1 fully saturated rings. The second kappa shape index (κ2) is 6.04. The van der Waals surface area contributed by atoms with E-state index in [0.29, 0.717) is 23.7 Å². The molecule has 2 nitrogen and oxygen atoms in total. The molecule has 0 radical (unpaired) electrons. The minimum Gasteiger partial charge on any atom is -0.399 e. The maximum absolute atomic E-state index is 5.82. The Labute approximate surface area is 133 Å². The Balaban J connectivity index is 1.79. The molecule has 4 atom stereocenters. The van der Waals surface area contributed by atoms with Crippen LogP contribution in [-0.2, 0) is 0 Å². The summed E-state index contributed by atoms with van der Waals surface area (Å²) in [6.45, 7) is 4.77. The molecule has 1 aliphatic rings. The second-order valence-corrected chi connectivity index (χ2v) is 6.97.